The first-order chi connectivity index (χ1) is 13.5. The van der Waals surface area contributed by atoms with Gasteiger partial charge in [-0.1, -0.05) is 0 Å². The normalized spacial score (nSPS) is 14.0. The summed E-state index contributed by atoms with van der Waals surface area (Å²) in [5.74, 6) is 0.200. The summed E-state index contributed by atoms with van der Waals surface area (Å²) in [5.41, 5.74) is -0.605. The fourth-order valence-corrected chi connectivity index (χ4v) is 3.89. The molecule has 0 radical (unpaired) electrons. The van der Waals surface area contributed by atoms with Crippen molar-refractivity contribution in [2.45, 2.75) is 10.5 Å². The zero-order chi connectivity index (χ0) is 19.6. The lowest BCUT2D eigenvalue weighted by Crippen LogP contribution is -2.41. The maximum Gasteiger partial charge on any atom is 0.240 e. The Morgan fingerprint density at radius 1 is 1.11 bits per heavy atom. The molecule has 2 N–H and O–H groups in total. The minimum atomic E-state index is -3.87. The summed E-state index contributed by atoms with van der Waals surface area (Å²) in [6, 6.07) is 12.8. The van der Waals surface area contributed by atoms with E-state index < -0.39 is 15.6 Å². The zero-order valence-electron chi connectivity index (χ0n) is 14.6. The van der Waals surface area contributed by atoms with E-state index in [4.69, 9.17) is 8.83 Å². The van der Waals surface area contributed by atoms with Crippen molar-refractivity contribution in [1.29, 1.82) is 0 Å². The molecule has 8 nitrogen and oxygen atoms in total. The third kappa shape index (κ3) is 3.38. The highest BCUT2D eigenvalue weighted by Gasteiger charge is 2.37. The number of aromatic nitrogens is 2. The molecule has 0 saturated carbocycles. The monoisotopic (exact) mass is 399 g/mol. The van der Waals surface area contributed by atoms with E-state index in [1.165, 1.54) is 30.9 Å². The molecule has 0 spiro atoms. The fourth-order valence-electron chi connectivity index (χ4n) is 2.83. The number of furan rings is 2. The molecular weight excluding hydrogens is 382 g/mol. The van der Waals surface area contributed by atoms with Crippen LogP contribution in [0.25, 0.3) is 5.69 Å². The highest BCUT2D eigenvalue weighted by molar-refractivity contribution is 7.89. The molecule has 0 aliphatic carbocycles. The van der Waals surface area contributed by atoms with Gasteiger partial charge in [-0.2, -0.15) is 5.10 Å². The highest BCUT2D eigenvalue weighted by Crippen LogP contribution is 2.30. The third-order valence-electron chi connectivity index (χ3n) is 4.36. The van der Waals surface area contributed by atoms with Gasteiger partial charge in [-0.15, -0.1) is 0 Å². The maximum absolute atomic E-state index is 12.7. The Balaban J connectivity index is 1.57. The largest absolute Gasteiger partial charge is 0.472 e. The van der Waals surface area contributed by atoms with Crippen molar-refractivity contribution in [2.75, 3.05) is 6.54 Å². The summed E-state index contributed by atoms with van der Waals surface area (Å²) >= 11 is 0. The standard InChI is InChI=1S/C19H17N3O5S/c23-19(15-8-12-26-13-15,18-3-1-11-27-18)14-21-28(24,25)17-6-4-16(5-7-17)22-10-2-9-20-22/h1-13,21,23H,14H2. The summed E-state index contributed by atoms with van der Waals surface area (Å²) < 4.78 is 39.9. The molecule has 144 valence electrons. The first-order valence-electron chi connectivity index (χ1n) is 8.38. The molecular formula is C19H17N3O5S. The van der Waals surface area contributed by atoms with Gasteiger partial charge >= 0.3 is 0 Å². The van der Waals surface area contributed by atoms with Gasteiger partial charge in [0.05, 0.1) is 35.9 Å². The van der Waals surface area contributed by atoms with Gasteiger partial charge in [-0.3, -0.25) is 0 Å². The van der Waals surface area contributed by atoms with E-state index in [1.54, 1.807) is 53.5 Å². The van der Waals surface area contributed by atoms with Crippen LogP contribution < -0.4 is 4.72 Å². The molecule has 1 aromatic carbocycles. The molecule has 1 atom stereocenters. The molecule has 0 bridgehead atoms. The van der Waals surface area contributed by atoms with Crippen molar-refractivity contribution < 1.29 is 22.4 Å². The molecule has 4 rings (SSSR count). The number of aliphatic hydroxyl groups is 1. The van der Waals surface area contributed by atoms with Gasteiger partial charge in [0.1, 0.15) is 5.76 Å². The molecule has 3 heterocycles. The van der Waals surface area contributed by atoms with E-state index in [9.17, 15) is 13.5 Å². The second-order valence-electron chi connectivity index (χ2n) is 6.12. The van der Waals surface area contributed by atoms with Crippen molar-refractivity contribution in [3.63, 3.8) is 0 Å². The molecule has 1 unspecified atom stereocenters. The maximum atomic E-state index is 12.7. The molecule has 9 heteroatoms. The van der Waals surface area contributed by atoms with Gasteiger partial charge in [0.25, 0.3) is 0 Å². The van der Waals surface area contributed by atoms with Crippen molar-refractivity contribution in [2.24, 2.45) is 0 Å². The number of hydrogen-bond acceptors (Lipinski definition) is 6. The first kappa shape index (κ1) is 18.2. The lowest BCUT2D eigenvalue weighted by molar-refractivity contribution is 0.0613. The fraction of sp³-hybridized carbons (Fsp3) is 0.105. The van der Waals surface area contributed by atoms with Crippen LogP contribution in [0.3, 0.4) is 0 Å². The summed E-state index contributed by atoms with van der Waals surface area (Å²) in [5, 5.41) is 15.2. The molecule has 3 aromatic heterocycles. The Morgan fingerprint density at radius 2 is 1.93 bits per heavy atom. The van der Waals surface area contributed by atoms with Crippen molar-refractivity contribution in [3.8, 4) is 5.69 Å². The van der Waals surface area contributed by atoms with Crippen LogP contribution in [0.15, 0.2) is 93.4 Å². The summed E-state index contributed by atoms with van der Waals surface area (Å²) in [6.45, 7) is -0.330. The van der Waals surface area contributed by atoms with Crippen LogP contribution in [-0.2, 0) is 15.6 Å². The first-order valence-corrected chi connectivity index (χ1v) is 9.86. The molecule has 0 saturated heterocycles. The lowest BCUT2D eigenvalue weighted by Gasteiger charge is -2.25. The number of rotatable bonds is 7. The topological polar surface area (TPSA) is 111 Å². The number of sulfonamides is 1. The lowest BCUT2D eigenvalue weighted by atomic mass is 9.94. The predicted octanol–water partition coefficient (Wildman–Crippen LogP) is 2.27. The van der Waals surface area contributed by atoms with Crippen LogP contribution in [0.2, 0.25) is 0 Å². The molecule has 0 amide bonds. The third-order valence-corrected chi connectivity index (χ3v) is 5.78. The van der Waals surface area contributed by atoms with Gasteiger partial charge in [-0.05, 0) is 48.5 Å². The second-order valence-corrected chi connectivity index (χ2v) is 7.89. The zero-order valence-corrected chi connectivity index (χ0v) is 15.4. The van der Waals surface area contributed by atoms with E-state index in [1.807, 2.05) is 0 Å². The molecule has 0 aliphatic rings. The Bertz CT molecular complexity index is 1080. The Kier molecular flexibility index (Phi) is 4.63. The van der Waals surface area contributed by atoms with Crippen LogP contribution in [0.5, 0.6) is 0 Å². The molecule has 0 aliphatic heterocycles. The van der Waals surface area contributed by atoms with Crippen LogP contribution in [0.4, 0.5) is 0 Å². The van der Waals surface area contributed by atoms with Crippen molar-refractivity contribution >= 4 is 10.0 Å². The average molecular weight is 399 g/mol. The van der Waals surface area contributed by atoms with Gasteiger partial charge in [0.15, 0.2) is 5.60 Å². The summed E-state index contributed by atoms with van der Waals surface area (Å²) in [7, 11) is -3.87. The number of benzene rings is 1. The second kappa shape index (κ2) is 7.12. The van der Waals surface area contributed by atoms with E-state index in [-0.39, 0.29) is 17.2 Å². The van der Waals surface area contributed by atoms with E-state index in [0.29, 0.717) is 5.56 Å². The minimum Gasteiger partial charge on any atom is -0.472 e. The van der Waals surface area contributed by atoms with E-state index in [0.717, 1.165) is 5.69 Å². The Labute approximate surface area is 161 Å². The molecule has 4 aromatic rings. The predicted molar refractivity (Wildman–Crippen MR) is 99.2 cm³/mol. The summed E-state index contributed by atoms with van der Waals surface area (Å²) in [4.78, 5) is 0.0670. The Hall–Kier alpha value is -3.14. The van der Waals surface area contributed by atoms with Gasteiger partial charge < -0.3 is 13.9 Å². The SMILES string of the molecule is O=S(=O)(NCC(O)(c1ccoc1)c1ccco1)c1ccc(-n2cccn2)cc1. The van der Waals surface area contributed by atoms with Crippen LogP contribution in [0.1, 0.15) is 11.3 Å². The minimum absolute atomic E-state index is 0.0670. The van der Waals surface area contributed by atoms with Crippen LogP contribution in [-0.4, -0.2) is 29.8 Å². The van der Waals surface area contributed by atoms with Gasteiger partial charge in [0, 0.05) is 18.0 Å². The molecule has 0 fully saturated rings. The quantitative estimate of drug-likeness (QED) is 0.493. The number of hydrogen-bond donors (Lipinski definition) is 2. The number of nitrogens with zero attached hydrogens (tertiary/aromatic N) is 2. The van der Waals surface area contributed by atoms with E-state index >= 15 is 0 Å². The van der Waals surface area contributed by atoms with E-state index in [2.05, 4.69) is 9.82 Å². The van der Waals surface area contributed by atoms with Crippen molar-refractivity contribution in [3.05, 3.63) is 91.0 Å². The smallest absolute Gasteiger partial charge is 0.240 e. The molecule has 28 heavy (non-hydrogen) atoms. The Morgan fingerprint density at radius 3 is 2.54 bits per heavy atom. The average Bonchev–Trinajstić information content (AvgIpc) is 3.49. The van der Waals surface area contributed by atoms with Crippen LogP contribution >= 0.6 is 0 Å². The summed E-state index contributed by atoms with van der Waals surface area (Å²) in [6.07, 6.45) is 7.54. The van der Waals surface area contributed by atoms with Crippen LogP contribution in [0, 0.1) is 0 Å². The number of nitrogens with one attached hydrogen (secondary N) is 1. The van der Waals surface area contributed by atoms with Gasteiger partial charge in [0.2, 0.25) is 10.0 Å². The highest BCUT2D eigenvalue weighted by atomic mass is 32.2. The van der Waals surface area contributed by atoms with Gasteiger partial charge in [-0.25, -0.2) is 17.8 Å². The van der Waals surface area contributed by atoms with Crippen molar-refractivity contribution in [1.82, 2.24) is 14.5 Å².